The summed E-state index contributed by atoms with van der Waals surface area (Å²) < 4.78 is 0. The molecule has 0 aliphatic heterocycles. The van der Waals surface area contributed by atoms with Crippen molar-refractivity contribution >= 4 is 11.9 Å². The van der Waals surface area contributed by atoms with Gasteiger partial charge in [-0.15, -0.1) is 0 Å². The molecule has 0 N–H and O–H groups in total. The highest BCUT2D eigenvalue weighted by molar-refractivity contribution is 6.06. The van der Waals surface area contributed by atoms with Gasteiger partial charge in [0.2, 0.25) is 0 Å². The predicted molar refractivity (Wildman–Crippen MR) is 64.0 cm³/mol. The van der Waals surface area contributed by atoms with Crippen LogP contribution in [-0.2, 0) is 0 Å². The molecule has 2 heteroatoms. The van der Waals surface area contributed by atoms with E-state index < -0.39 is 0 Å². The van der Waals surface area contributed by atoms with E-state index in [1.165, 1.54) is 0 Å². The molecular weight excluding hydrogens is 198 g/mol. The predicted octanol–water partition coefficient (Wildman–Crippen LogP) is 2.98. The number of ketones is 1. The van der Waals surface area contributed by atoms with Crippen LogP contribution in [0.25, 0.3) is 6.08 Å². The molecule has 0 aliphatic rings. The molecule has 0 unspecified atom stereocenters. The van der Waals surface area contributed by atoms with Crippen molar-refractivity contribution in [3.8, 4) is 0 Å². The second-order valence-electron chi connectivity index (χ2n) is 3.34. The molecular formula is C14H11NO. The number of benzene rings is 1. The summed E-state index contributed by atoms with van der Waals surface area (Å²) in [6, 6.07) is 12.9. The Morgan fingerprint density at radius 2 is 1.69 bits per heavy atom. The van der Waals surface area contributed by atoms with Crippen molar-refractivity contribution in [1.29, 1.82) is 0 Å². The van der Waals surface area contributed by atoms with Crippen molar-refractivity contribution < 1.29 is 4.79 Å². The molecule has 0 bridgehead atoms. The number of nitrogens with zero attached hydrogens (tertiary/aromatic N) is 1. The fourth-order valence-corrected chi connectivity index (χ4v) is 1.35. The molecule has 1 aromatic carbocycles. The van der Waals surface area contributed by atoms with Gasteiger partial charge in [0.15, 0.2) is 5.78 Å². The Bertz CT molecular complexity index is 489. The van der Waals surface area contributed by atoms with Crippen LogP contribution >= 0.6 is 0 Å². The molecule has 0 amide bonds. The van der Waals surface area contributed by atoms with Gasteiger partial charge < -0.3 is 0 Å². The van der Waals surface area contributed by atoms with Gasteiger partial charge in [0.25, 0.3) is 0 Å². The van der Waals surface area contributed by atoms with Crippen molar-refractivity contribution in [3.63, 3.8) is 0 Å². The minimum atomic E-state index is 0.0115. The van der Waals surface area contributed by atoms with Crippen LogP contribution in [0.1, 0.15) is 15.9 Å². The smallest absolute Gasteiger partial charge is 0.185 e. The van der Waals surface area contributed by atoms with Gasteiger partial charge in [0.1, 0.15) is 0 Å². The highest BCUT2D eigenvalue weighted by atomic mass is 16.1. The topological polar surface area (TPSA) is 30.0 Å². The van der Waals surface area contributed by atoms with Crippen molar-refractivity contribution in [1.82, 2.24) is 4.98 Å². The van der Waals surface area contributed by atoms with Crippen molar-refractivity contribution in [2.45, 2.75) is 0 Å². The van der Waals surface area contributed by atoms with E-state index in [2.05, 4.69) is 4.98 Å². The molecule has 1 aromatic heterocycles. The third kappa shape index (κ3) is 2.64. The lowest BCUT2D eigenvalue weighted by molar-refractivity contribution is 0.104. The zero-order valence-corrected chi connectivity index (χ0v) is 8.71. The maximum Gasteiger partial charge on any atom is 0.185 e. The van der Waals surface area contributed by atoms with Gasteiger partial charge >= 0.3 is 0 Å². The lowest BCUT2D eigenvalue weighted by Crippen LogP contribution is -1.92. The zero-order valence-electron chi connectivity index (χ0n) is 8.71. The average Bonchev–Trinajstić information content (AvgIpc) is 2.38. The number of carbonyl (C=O) groups is 1. The lowest BCUT2D eigenvalue weighted by atomic mass is 10.1. The first kappa shape index (κ1) is 10.3. The normalized spacial score (nSPS) is 10.5. The highest BCUT2D eigenvalue weighted by Crippen LogP contribution is 2.04. The van der Waals surface area contributed by atoms with Crippen LogP contribution in [0.15, 0.2) is 60.9 Å². The second kappa shape index (κ2) is 5.03. The molecule has 0 aliphatic carbocycles. The molecule has 0 saturated heterocycles. The van der Waals surface area contributed by atoms with Gasteiger partial charge in [0, 0.05) is 18.0 Å². The number of pyridine rings is 1. The Morgan fingerprint density at radius 1 is 1.00 bits per heavy atom. The van der Waals surface area contributed by atoms with Crippen molar-refractivity contribution in [2.24, 2.45) is 0 Å². The lowest BCUT2D eigenvalue weighted by Gasteiger charge is -1.94. The van der Waals surface area contributed by atoms with Crippen LogP contribution in [0.4, 0.5) is 0 Å². The van der Waals surface area contributed by atoms with Gasteiger partial charge in [-0.1, -0.05) is 36.4 Å². The Hall–Kier alpha value is -2.22. The molecule has 0 saturated carbocycles. The van der Waals surface area contributed by atoms with E-state index in [1.54, 1.807) is 36.7 Å². The van der Waals surface area contributed by atoms with E-state index in [-0.39, 0.29) is 5.78 Å². The molecule has 2 aromatic rings. The first-order chi connectivity index (χ1) is 7.86. The van der Waals surface area contributed by atoms with Crippen LogP contribution in [0.3, 0.4) is 0 Å². The van der Waals surface area contributed by atoms with E-state index in [1.807, 2.05) is 30.3 Å². The number of hydrogen-bond donors (Lipinski definition) is 0. The molecule has 2 nitrogen and oxygen atoms in total. The summed E-state index contributed by atoms with van der Waals surface area (Å²) in [5.74, 6) is 0.0115. The Labute approximate surface area is 94.3 Å². The number of rotatable bonds is 3. The minimum Gasteiger partial charge on any atom is -0.289 e. The first-order valence-corrected chi connectivity index (χ1v) is 5.04. The first-order valence-electron chi connectivity index (χ1n) is 5.04. The third-order valence-electron chi connectivity index (χ3n) is 2.19. The van der Waals surface area contributed by atoms with Gasteiger partial charge in [-0.25, -0.2) is 0 Å². The SMILES string of the molecule is O=C(C=Cc1ccncc1)c1ccccc1. The number of hydrogen-bond acceptors (Lipinski definition) is 2. The fraction of sp³-hybridized carbons (Fsp3) is 0. The van der Waals surface area contributed by atoms with Crippen LogP contribution in [0.5, 0.6) is 0 Å². The largest absolute Gasteiger partial charge is 0.289 e. The summed E-state index contributed by atoms with van der Waals surface area (Å²) in [5.41, 5.74) is 1.67. The molecule has 16 heavy (non-hydrogen) atoms. The molecule has 78 valence electrons. The van der Waals surface area contributed by atoms with Crippen LogP contribution in [-0.4, -0.2) is 10.8 Å². The van der Waals surface area contributed by atoms with Crippen LogP contribution in [0.2, 0.25) is 0 Å². The number of aromatic nitrogens is 1. The van der Waals surface area contributed by atoms with Gasteiger partial charge in [0.05, 0.1) is 0 Å². The Kier molecular flexibility index (Phi) is 3.24. The highest BCUT2D eigenvalue weighted by Gasteiger charge is 1.98. The summed E-state index contributed by atoms with van der Waals surface area (Å²) in [5, 5.41) is 0. The molecule has 0 radical (unpaired) electrons. The van der Waals surface area contributed by atoms with Crippen molar-refractivity contribution in [2.75, 3.05) is 0 Å². The fourth-order valence-electron chi connectivity index (χ4n) is 1.35. The minimum absolute atomic E-state index is 0.0115. The van der Waals surface area contributed by atoms with Crippen LogP contribution < -0.4 is 0 Å². The number of carbonyl (C=O) groups excluding carboxylic acids is 1. The van der Waals surface area contributed by atoms with E-state index in [0.29, 0.717) is 5.56 Å². The number of allylic oxidation sites excluding steroid dienone is 1. The van der Waals surface area contributed by atoms with Gasteiger partial charge in [-0.2, -0.15) is 0 Å². The van der Waals surface area contributed by atoms with Gasteiger partial charge in [-0.3, -0.25) is 9.78 Å². The standard InChI is InChI=1S/C14H11NO/c16-14(13-4-2-1-3-5-13)7-6-12-8-10-15-11-9-12/h1-11H. The van der Waals surface area contributed by atoms with Crippen LogP contribution in [0, 0.1) is 0 Å². The maximum atomic E-state index is 11.7. The summed E-state index contributed by atoms with van der Waals surface area (Å²) in [6.45, 7) is 0. The molecule has 0 atom stereocenters. The van der Waals surface area contributed by atoms with E-state index >= 15 is 0 Å². The molecule has 1 heterocycles. The van der Waals surface area contributed by atoms with E-state index in [9.17, 15) is 4.79 Å². The maximum absolute atomic E-state index is 11.7. The quantitative estimate of drug-likeness (QED) is 0.574. The Morgan fingerprint density at radius 3 is 2.38 bits per heavy atom. The summed E-state index contributed by atoms with van der Waals surface area (Å²) in [4.78, 5) is 15.6. The monoisotopic (exact) mass is 209 g/mol. The molecule has 2 rings (SSSR count). The van der Waals surface area contributed by atoms with E-state index in [4.69, 9.17) is 0 Å². The van der Waals surface area contributed by atoms with Crippen molar-refractivity contribution in [3.05, 3.63) is 72.1 Å². The van der Waals surface area contributed by atoms with E-state index in [0.717, 1.165) is 5.56 Å². The third-order valence-corrected chi connectivity index (χ3v) is 2.19. The zero-order chi connectivity index (χ0) is 11.2. The molecule has 0 fully saturated rings. The second-order valence-corrected chi connectivity index (χ2v) is 3.34. The summed E-state index contributed by atoms with van der Waals surface area (Å²) >= 11 is 0. The average molecular weight is 209 g/mol. The summed E-state index contributed by atoms with van der Waals surface area (Å²) in [6.07, 6.45) is 6.76. The van der Waals surface area contributed by atoms with Gasteiger partial charge in [-0.05, 0) is 23.8 Å². The summed E-state index contributed by atoms with van der Waals surface area (Å²) in [7, 11) is 0. The Balaban J connectivity index is 2.12. The molecule has 0 spiro atoms.